The van der Waals surface area contributed by atoms with E-state index in [1.165, 1.54) is 23.9 Å². The Morgan fingerprint density at radius 3 is 2.27 bits per heavy atom. The molecule has 0 aliphatic carbocycles. The van der Waals surface area contributed by atoms with Gasteiger partial charge in [0.05, 0.1) is 31.4 Å². The average Bonchev–Trinajstić information content (AvgIpc) is 3.22. The third-order valence-corrected chi connectivity index (χ3v) is 4.50. The molecule has 0 aliphatic heterocycles. The maximum atomic E-state index is 12.9. The van der Waals surface area contributed by atoms with Gasteiger partial charge < -0.3 is 14.8 Å². The smallest absolute Gasteiger partial charge is 0.416 e. The highest BCUT2D eigenvalue weighted by atomic mass is 19.4. The third-order valence-electron chi connectivity index (χ3n) is 4.50. The summed E-state index contributed by atoms with van der Waals surface area (Å²) in [5, 5.41) is 6.90. The Balaban J connectivity index is 1.78. The topological polar surface area (TPSA) is 95.3 Å². The van der Waals surface area contributed by atoms with E-state index in [0.717, 1.165) is 12.1 Å². The molecule has 8 nitrogen and oxygen atoms in total. The Morgan fingerprint density at radius 2 is 1.70 bits per heavy atom. The van der Waals surface area contributed by atoms with E-state index in [1.807, 2.05) is 0 Å². The quantitative estimate of drug-likeness (QED) is 0.503. The Kier molecular flexibility index (Phi) is 7.31. The summed E-state index contributed by atoms with van der Waals surface area (Å²) in [7, 11) is 1.38. The SMILES string of the molecule is CCOC(=O)CCC(=O)Nc1ccc(-n2nc(OC)nc2-c2ccc(C(F)(F)F)cc2)cc1. The Morgan fingerprint density at radius 1 is 1.03 bits per heavy atom. The van der Waals surface area contributed by atoms with E-state index in [9.17, 15) is 22.8 Å². The van der Waals surface area contributed by atoms with E-state index in [2.05, 4.69) is 15.4 Å². The van der Waals surface area contributed by atoms with Crippen molar-refractivity contribution in [3.63, 3.8) is 0 Å². The molecule has 1 aromatic heterocycles. The molecule has 11 heteroatoms. The number of ether oxygens (including phenoxy) is 2. The summed E-state index contributed by atoms with van der Waals surface area (Å²) in [6, 6.07) is 11.2. The maximum Gasteiger partial charge on any atom is 0.416 e. The van der Waals surface area contributed by atoms with Crippen LogP contribution in [0.1, 0.15) is 25.3 Å². The molecule has 0 saturated heterocycles. The van der Waals surface area contributed by atoms with Crippen molar-refractivity contribution < 1.29 is 32.2 Å². The highest BCUT2D eigenvalue weighted by Crippen LogP contribution is 2.31. The fourth-order valence-electron chi connectivity index (χ4n) is 2.91. The molecule has 0 aliphatic rings. The first-order valence-corrected chi connectivity index (χ1v) is 9.96. The minimum Gasteiger partial charge on any atom is -0.466 e. The molecule has 1 amide bonds. The lowest BCUT2D eigenvalue weighted by Crippen LogP contribution is -2.14. The molecule has 1 N–H and O–H groups in total. The fraction of sp³-hybridized carbons (Fsp3) is 0.273. The van der Waals surface area contributed by atoms with Crippen LogP contribution >= 0.6 is 0 Å². The minimum absolute atomic E-state index is 0.0150. The molecular formula is C22H21F3N4O4. The largest absolute Gasteiger partial charge is 0.466 e. The van der Waals surface area contributed by atoms with Gasteiger partial charge in [0.25, 0.3) is 0 Å². The van der Waals surface area contributed by atoms with Gasteiger partial charge in [-0.2, -0.15) is 18.2 Å². The molecule has 174 valence electrons. The molecule has 1 heterocycles. The van der Waals surface area contributed by atoms with Crippen molar-refractivity contribution in [3.05, 3.63) is 54.1 Å². The van der Waals surface area contributed by atoms with E-state index >= 15 is 0 Å². The lowest BCUT2D eigenvalue weighted by Gasteiger charge is -2.10. The first kappa shape index (κ1) is 23.8. The third kappa shape index (κ3) is 6.09. The molecule has 2 aromatic carbocycles. The van der Waals surface area contributed by atoms with E-state index < -0.39 is 17.7 Å². The van der Waals surface area contributed by atoms with Gasteiger partial charge in [-0.15, -0.1) is 5.10 Å². The van der Waals surface area contributed by atoms with Gasteiger partial charge in [-0.25, -0.2) is 4.68 Å². The summed E-state index contributed by atoms with van der Waals surface area (Å²) in [5.41, 5.74) is 0.684. The van der Waals surface area contributed by atoms with Gasteiger partial charge in [0, 0.05) is 17.7 Å². The molecular weight excluding hydrogens is 441 g/mol. The summed E-state index contributed by atoms with van der Waals surface area (Å²) >= 11 is 0. The molecule has 3 rings (SSSR count). The molecule has 0 atom stereocenters. The molecule has 0 bridgehead atoms. The van der Waals surface area contributed by atoms with Crippen LogP contribution in [-0.2, 0) is 20.5 Å². The highest BCUT2D eigenvalue weighted by Gasteiger charge is 2.30. The van der Waals surface area contributed by atoms with Crippen LogP contribution in [0, 0.1) is 0 Å². The zero-order chi connectivity index (χ0) is 24.0. The molecule has 3 aromatic rings. The van der Waals surface area contributed by atoms with Gasteiger partial charge in [0.15, 0.2) is 5.82 Å². The van der Waals surface area contributed by atoms with Crippen molar-refractivity contribution in [1.29, 1.82) is 0 Å². The molecule has 0 saturated carbocycles. The van der Waals surface area contributed by atoms with Crippen LogP contribution in [0.25, 0.3) is 17.1 Å². The van der Waals surface area contributed by atoms with Gasteiger partial charge in [0.2, 0.25) is 5.91 Å². The van der Waals surface area contributed by atoms with Crippen LogP contribution in [0.4, 0.5) is 18.9 Å². The van der Waals surface area contributed by atoms with Gasteiger partial charge in [0.1, 0.15) is 0 Å². The summed E-state index contributed by atoms with van der Waals surface area (Å²) in [6.45, 7) is 1.94. The Hall–Kier alpha value is -3.89. The number of benzene rings is 2. The van der Waals surface area contributed by atoms with E-state index in [1.54, 1.807) is 31.2 Å². The van der Waals surface area contributed by atoms with Crippen molar-refractivity contribution in [3.8, 4) is 23.1 Å². The van der Waals surface area contributed by atoms with Gasteiger partial charge in [-0.1, -0.05) is 12.1 Å². The van der Waals surface area contributed by atoms with Crippen LogP contribution in [-0.4, -0.2) is 40.4 Å². The first-order valence-electron chi connectivity index (χ1n) is 9.96. The second-order valence-corrected chi connectivity index (χ2v) is 6.81. The number of carbonyl (C=O) groups is 2. The number of halogens is 3. The monoisotopic (exact) mass is 462 g/mol. The molecule has 33 heavy (non-hydrogen) atoms. The minimum atomic E-state index is -4.44. The number of esters is 1. The van der Waals surface area contributed by atoms with Crippen LogP contribution in [0.3, 0.4) is 0 Å². The predicted molar refractivity (Wildman–Crippen MR) is 113 cm³/mol. The number of rotatable bonds is 8. The zero-order valence-corrected chi connectivity index (χ0v) is 17.8. The summed E-state index contributed by atoms with van der Waals surface area (Å²) < 4.78 is 49.9. The van der Waals surface area contributed by atoms with Crippen molar-refractivity contribution in [1.82, 2.24) is 14.8 Å². The molecule has 0 unspecified atom stereocenters. The molecule has 0 spiro atoms. The maximum absolute atomic E-state index is 12.9. The van der Waals surface area contributed by atoms with Crippen molar-refractivity contribution in [2.24, 2.45) is 0 Å². The normalized spacial score (nSPS) is 11.2. The number of nitrogens with one attached hydrogen (secondary N) is 1. The van der Waals surface area contributed by atoms with Gasteiger partial charge in [-0.3, -0.25) is 9.59 Å². The average molecular weight is 462 g/mol. The summed E-state index contributed by atoms with van der Waals surface area (Å²) in [4.78, 5) is 27.6. The van der Waals surface area contributed by atoms with E-state index in [-0.39, 0.29) is 37.2 Å². The Bertz CT molecular complexity index is 1110. The fourth-order valence-corrected chi connectivity index (χ4v) is 2.91. The number of methoxy groups -OCH3 is 1. The molecule has 0 fully saturated rings. The summed E-state index contributed by atoms with van der Waals surface area (Å²) in [5.74, 6) is -0.505. The Labute approximate surface area is 187 Å². The first-order chi connectivity index (χ1) is 15.7. The number of aromatic nitrogens is 3. The van der Waals surface area contributed by atoms with Crippen LogP contribution in [0.5, 0.6) is 6.01 Å². The molecule has 0 radical (unpaired) electrons. The van der Waals surface area contributed by atoms with Crippen LogP contribution < -0.4 is 10.1 Å². The van der Waals surface area contributed by atoms with Crippen molar-refractivity contribution >= 4 is 17.6 Å². The van der Waals surface area contributed by atoms with E-state index in [4.69, 9.17) is 9.47 Å². The lowest BCUT2D eigenvalue weighted by atomic mass is 10.1. The number of nitrogens with zero attached hydrogens (tertiary/aromatic N) is 3. The van der Waals surface area contributed by atoms with Gasteiger partial charge in [-0.05, 0) is 43.3 Å². The number of anilines is 1. The van der Waals surface area contributed by atoms with Crippen LogP contribution in [0.2, 0.25) is 0 Å². The number of carbonyl (C=O) groups excluding carboxylic acids is 2. The predicted octanol–water partition coefficient (Wildman–Crippen LogP) is 4.24. The number of amides is 1. The van der Waals surface area contributed by atoms with Crippen molar-refractivity contribution in [2.75, 3.05) is 19.0 Å². The van der Waals surface area contributed by atoms with Gasteiger partial charge >= 0.3 is 18.2 Å². The van der Waals surface area contributed by atoms with Crippen molar-refractivity contribution in [2.45, 2.75) is 25.9 Å². The zero-order valence-electron chi connectivity index (χ0n) is 17.8. The van der Waals surface area contributed by atoms with E-state index in [0.29, 0.717) is 16.9 Å². The number of hydrogen-bond donors (Lipinski definition) is 1. The number of alkyl halides is 3. The lowest BCUT2D eigenvalue weighted by molar-refractivity contribution is -0.144. The van der Waals surface area contributed by atoms with Crippen LogP contribution in [0.15, 0.2) is 48.5 Å². The second kappa shape index (κ2) is 10.2. The highest BCUT2D eigenvalue weighted by molar-refractivity contribution is 5.92. The second-order valence-electron chi connectivity index (χ2n) is 6.81. The summed E-state index contributed by atoms with van der Waals surface area (Å²) in [6.07, 6.45) is -4.48. The standard InChI is InChI=1S/C22H21F3N4O4/c1-3-33-19(31)13-12-18(30)26-16-8-10-17(11-9-16)29-20(27-21(28-29)32-2)14-4-6-15(7-5-14)22(23,24)25/h4-11H,3,12-13H2,1-2H3,(H,26,30). The number of hydrogen-bond acceptors (Lipinski definition) is 6.